The highest BCUT2D eigenvalue weighted by Crippen LogP contribution is 2.30. The zero-order valence-electron chi connectivity index (χ0n) is 10.4. The number of nitrogens with one attached hydrogen (secondary N) is 2. The molecule has 0 saturated carbocycles. The molecule has 3 nitrogen and oxygen atoms in total. The lowest BCUT2D eigenvalue weighted by Crippen LogP contribution is -2.26. The summed E-state index contributed by atoms with van der Waals surface area (Å²) in [6.45, 7) is 2.96. The van der Waals surface area contributed by atoms with Crippen molar-refractivity contribution in [3.05, 3.63) is 54.0 Å². The Bertz CT molecular complexity index is 493. The molecular weight excluding hydrogens is 224 g/mol. The first-order chi connectivity index (χ1) is 8.93. The lowest BCUT2D eigenvalue weighted by molar-refractivity contribution is 0.540. The van der Waals surface area contributed by atoms with Gasteiger partial charge in [-0.3, -0.25) is 0 Å². The molecule has 2 heterocycles. The summed E-state index contributed by atoms with van der Waals surface area (Å²) in [5.41, 5.74) is 3.93. The van der Waals surface area contributed by atoms with Crippen LogP contribution in [0.4, 0.5) is 5.69 Å². The minimum Gasteiger partial charge on any atom is -0.472 e. The molecule has 2 aromatic rings. The molecule has 1 aliphatic heterocycles. The van der Waals surface area contributed by atoms with E-state index in [2.05, 4.69) is 34.9 Å². The van der Waals surface area contributed by atoms with E-state index in [9.17, 15) is 0 Å². The summed E-state index contributed by atoms with van der Waals surface area (Å²) in [5, 5.41) is 6.96. The monoisotopic (exact) mass is 242 g/mol. The van der Waals surface area contributed by atoms with Crippen LogP contribution in [0.5, 0.6) is 0 Å². The summed E-state index contributed by atoms with van der Waals surface area (Å²) in [6.07, 6.45) is 4.70. The Morgan fingerprint density at radius 1 is 1.28 bits per heavy atom. The normalized spacial score (nSPS) is 18.1. The first-order valence-electron chi connectivity index (χ1n) is 6.48. The van der Waals surface area contributed by atoms with Crippen LogP contribution in [0.3, 0.4) is 0 Å². The second kappa shape index (κ2) is 5.27. The summed E-state index contributed by atoms with van der Waals surface area (Å²) in [7, 11) is 0. The van der Waals surface area contributed by atoms with Crippen LogP contribution < -0.4 is 10.6 Å². The Morgan fingerprint density at radius 3 is 3.11 bits per heavy atom. The second-order valence-corrected chi connectivity index (χ2v) is 4.76. The van der Waals surface area contributed by atoms with Crippen LogP contribution >= 0.6 is 0 Å². The summed E-state index contributed by atoms with van der Waals surface area (Å²) in [4.78, 5) is 0. The molecule has 0 amide bonds. The van der Waals surface area contributed by atoms with E-state index >= 15 is 0 Å². The quantitative estimate of drug-likeness (QED) is 0.865. The molecule has 0 saturated heterocycles. The number of rotatable bonds is 4. The number of furan rings is 1. The maximum atomic E-state index is 5.06. The van der Waals surface area contributed by atoms with Crippen molar-refractivity contribution in [1.82, 2.24) is 5.32 Å². The Balaban J connectivity index is 1.60. The average molecular weight is 242 g/mol. The van der Waals surface area contributed by atoms with Gasteiger partial charge in [-0.2, -0.15) is 0 Å². The van der Waals surface area contributed by atoms with Gasteiger partial charge in [0.25, 0.3) is 0 Å². The van der Waals surface area contributed by atoms with Crippen LogP contribution in [0.15, 0.2) is 47.3 Å². The van der Waals surface area contributed by atoms with Crippen molar-refractivity contribution < 1.29 is 4.42 Å². The molecule has 3 rings (SSSR count). The molecule has 2 N–H and O–H groups in total. The van der Waals surface area contributed by atoms with Crippen molar-refractivity contribution in [1.29, 1.82) is 0 Å². The van der Waals surface area contributed by atoms with Gasteiger partial charge >= 0.3 is 0 Å². The summed E-state index contributed by atoms with van der Waals surface area (Å²) in [5.74, 6) is 0.606. The molecule has 0 radical (unpaired) electrons. The van der Waals surface area contributed by atoms with Crippen molar-refractivity contribution in [3.63, 3.8) is 0 Å². The van der Waals surface area contributed by atoms with Crippen LogP contribution in [-0.2, 0) is 6.54 Å². The Morgan fingerprint density at radius 2 is 2.22 bits per heavy atom. The Hall–Kier alpha value is -1.74. The third kappa shape index (κ3) is 2.41. The summed E-state index contributed by atoms with van der Waals surface area (Å²) >= 11 is 0. The standard InChI is InChI=1S/C15H18N2O/c1-2-4-15-14(3-1)13(5-7-17-15)10-16-9-12-6-8-18-11-12/h1-4,6,8,11,13,16-17H,5,7,9-10H2. The van der Waals surface area contributed by atoms with E-state index < -0.39 is 0 Å². The number of anilines is 1. The number of hydrogen-bond acceptors (Lipinski definition) is 3. The van der Waals surface area contributed by atoms with Crippen molar-refractivity contribution in [2.24, 2.45) is 0 Å². The fraction of sp³-hybridized carbons (Fsp3) is 0.333. The van der Waals surface area contributed by atoms with Crippen molar-refractivity contribution >= 4 is 5.69 Å². The van der Waals surface area contributed by atoms with Gasteiger partial charge in [0, 0.05) is 36.8 Å². The van der Waals surface area contributed by atoms with Crippen LogP contribution in [-0.4, -0.2) is 13.1 Å². The fourth-order valence-corrected chi connectivity index (χ4v) is 2.55. The van der Waals surface area contributed by atoms with Gasteiger partial charge in [0.1, 0.15) is 0 Å². The molecule has 1 aromatic heterocycles. The van der Waals surface area contributed by atoms with E-state index in [-0.39, 0.29) is 0 Å². The number of para-hydroxylation sites is 1. The third-order valence-electron chi connectivity index (χ3n) is 3.51. The van der Waals surface area contributed by atoms with E-state index in [1.165, 1.54) is 23.2 Å². The van der Waals surface area contributed by atoms with Crippen LogP contribution in [0, 0.1) is 0 Å². The van der Waals surface area contributed by atoms with Gasteiger partial charge in [-0.25, -0.2) is 0 Å². The maximum absolute atomic E-state index is 5.06. The highest BCUT2D eigenvalue weighted by molar-refractivity contribution is 5.54. The van der Waals surface area contributed by atoms with Crippen molar-refractivity contribution in [2.45, 2.75) is 18.9 Å². The largest absolute Gasteiger partial charge is 0.472 e. The van der Waals surface area contributed by atoms with Gasteiger partial charge in [0.15, 0.2) is 0 Å². The Labute approximate surface area is 107 Å². The number of hydrogen-bond donors (Lipinski definition) is 2. The van der Waals surface area contributed by atoms with Crippen molar-refractivity contribution in [3.8, 4) is 0 Å². The topological polar surface area (TPSA) is 37.2 Å². The number of benzene rings is 1. The maximum Gasteiger partial charge on any atom is 0.0947 e. The molecule has 1 aliphatic rings. The van der Waals surface area contributed by atoms with Crippen LogP contribution in [0.1, 0.15) is 23.5 Å². The molecule has 1 aromatic carbocycles. The molecule has 1 unspecified atom stereocenters. The van der Waals surface area contributed by atoms with Gasteiger partial charge < -0.3 is 15.1 Å². The molecule has 94 valence electrons. The fourth-order valence-electron chi connectivity index (χ4n) is 2.55. The van der Waals surface area contributed by atoms with Gasteiger partial charge in [0.2, 0.25) is 0 Å². The SMILES string of the molecule is c1ccc2c(c1)NCCC2CNCc1ccoc1. The molecule has 18 heavy (non-hydrogen) atoms. The van der Waals surface area contributed by atoms with Gasteiger partial charge in [-0.1, -0.05) is 18.2 Å². The molecule has 0 bridgehead atoms. The zero-order chi connectivity index (χ0) is 12.2. The van der Waals surface area contributed by atoms with Gasteiger partial charge in [0.05, 0.1) is 12.5 Å². The molecule has 0 fully saturated rings. The predicted molar refractivity (Wildman–Crippen MR) is 72.7 cm³/mol. The molecule has 3 heteroatoms. The molecule has 0 aliphatic carbocycles. The van der Waals surface area contributed by atoms with Gasteiger partial charge in [-0.15, -0.1) is 0 Å². The highest BCUT2D eigenvalue weighted by atomic mass is 16.3. The average Bonchev–Trinajstić information content (AvgIpc) is 2.92. The van der Waals surface area contributed by atoms with E-state index in [1.54, 1.807) is 12.5 Å². The van der Waals surface area contributed by atoms with E-state index in [0.29, 0.717) is 5.92 Å². The lowest BCUT2D eigenvalue weighted by atomic mass is 9.91. The summed E-state index contributed by atoms with van der Waals surface area (Å²) < 4.78 is 5.06. The van der Waals surface area contributed by atoms with E-state index in [0.717, 1.165) is 19.6 Å². The van der Waals surface area contributed by atoms with Gasteiger partial charge in [-0.05, 0) is 24.1 Å². The minimum absolute atomic E-state index is 0.606. The zero-order valence-corrected chi connectivity index (χ0v) is 10.4. The van der Waals surface area contributed by atoms with E-state index in [4.69, 9.17) is 4.42 Å². The molecule has 0 spiro atoms. The van der Waals surface area contributed by atoms with Crippen LogP contribution in [0.25, 0.3) is 0 Å². The minimum atomic E-state index is 0.606. The van der Waals surface area contributed by atoms with E-state index in [1.807, 2.05) is 6.07 Å². The highest BCUT2D eigenvalue weighted by Gasteiger charge is 2.18. The van der Waals surface area contributed by atoms with Crippen molar-refractivity contribution in [2.75, 3.05) is 18.4 Å². The Kier molecular flexibility index (Phi) is 3.33. The number of fused-ring (bicyclic) bond motifs is 1. The third-order valence-corrected chi connectivity index (χ3v) is 3.51. The molecule has 1 atom stereocenters. The lowest BCUT2D eigenvalue weighted by Gasteiger charge is -2.26. The van der Waals surface area contributed by atoms with Crippen LogP contribution in [0.2, 0.25) is 0 Å². The first-order valence-corrected chi connectivity index (χ1v) is 6.48. The second-order valence-electron chi connectivity index (χ2n) is 4.76. The molecular formula is C15H18N2O. The predicted octanol–water partition coefficient (Wildman–Crippen LogP) is 2.97. The smallest absolute Gasteiger partial charge is 0.0947 e. The summed E-state index contributed by atoms with van der Waals surface area (Å²) in [6, 6.07) is 10.6. The first kappa shape index (κ1) is 11.4.